The van der Waals surface area contributed by atoms with Crippen LogP contribution in [0.2, 0.25) is 0 Å². The van der Waals surface area contributed by atoms with Crippen LogP contribution in [0.3, 0.4) is 0 Å². The van der Waals surface area contributed by atoms with E-state index < -0.39 is 18.3 Å². The van der Waals surface area contributed by atoms with Crippen LogP contribution in [0.5, 0.6) is 0 Å². The van der Waals surface area contributed by atoms with Gasteiger partial charge in [0, 0.05) is 5.69 Å². The Morgan fingerprint density at radius 2 is 2.06 bits per heavy atom. The van der Waals surface area contributed by atoms with Crippen molar-refractivity contribution in [3.05, 3.63) is 24.0 Å². The van der Waals surface area contributed by atoms with Crippen LogP contribution in [-0.2, 0) is 4.79 Å². The molecule has 0 aromatic carbocycles. The predicted molar refractivity (Wildman–Crippen MR) is 48.6 cm³/mol. The fourth-order valence-electron chi connectivity index (χ4n) is 0.855. The molecule has 0 fully saturated rings. The SMILES string of the molecule is Cc1ccc(NC(=O)C(F)(F)C(F)F)cn1. The molecule has 1 heterocycles. The smallest absolute Gasteiger partial charge is 0.319 e. The molecular formula is C9H8F4N2O. The number of nitrogens with one attached hydrogen (secondary N) is 1. The van der Waals surface area contributed by atoms with Gasteiger partial charge in [-0.15, -0.1) is 0 Å². The van der Waals surface area contributed by atoms with Gasteiger partial charge in [-0.2, -0.15) is 8.78 Å². The fourth-order valence-corrected chi connectivity index (χ4v) is 0.855. The van der Waals surface area contributed by atoms with E-state index in [1.807, 2.05) is 0 Å². The largest absolute Gasteiger partial charge is 0.383 e. The second kappa shape index (κ2) is 4.46. The van der Waals surface area contributed by atoms with Crippen LogP contribution in [0.25, 0.3) is 0 Å². The molecule has 0 aliphatic carbocycles. The topological polar surface area (TPSA) is 42.0 Å². The van der Waals surface area contributed by atoms with Crippen LogP contribution < -0.4 is 5.32 Å². The molecule has 1 N–H and O–H groups in total. The van der Waals surface area contributed by atoms with Crippen LogP contribution in [-0.4, -0.2) is 23.2 Å². The first-order valence-electron chi connectivity index (χ1n) is 4.24. The molecule has 1 amide bonds. The van der Waals surface area contributed by atoms with Crippen molar-refractivity contribution in [2.45, 2.75) is 19.3 Å². The Morgan fingerprint density at radius 1 is 1.44 bits per heavy atom. The van der Waals surface area contributed by atoms with Crippen molar-refractivity contribution in [1.29, 1.82) is 0 Å². The van der Waals surface area contributed by atoms with Crippen molar-refractivity contribution in [3.63, 3.8) is 0 Å². The Kier molecular flexibility index (Phi) is 3.46. The summed E-state index contributed by atoms with van der Waals surface area (Å²) >= 11 is 0. The number of rotatable bonds is 3. The summed E-state index contributed by atoms with van der Waals surface area (Å²) in [7, 11) is 0. The third-order valence-corrected chi connectivity index (χ3v) is 1.75. The number of halogens is 4. The van der Waals surface area contributed by atoms with Crippen molar-refractivity contribution >= 4 is 11.6 Å². The monoisotopic (exact) mass is 236 g/mol. The normalized spacial score (nSPS) is 11.6. The minimum atomic E-state index is -4.70. The highest BCUT2D eigenvalue weighted by atomic mass is 19.3. The molecule has 3 nitrogen and oxygen atoms in total. The van der Waals surface area contributed by atoms with E-state index in [1.165, 1.54) is 12.1 Å². The number of amides is 1. The Balaban J connectivity index is 2.75. The molecular weight excluding hydrogens is 228 g/mol. The molecule has 1 aromatic heterocycles. The average molecular weight is 236 g/mol. The molecule has 0 spiro atoms. The Morgan fingerprint density at radius 3 is 2.50 bits per heavy atom. The number of nitrogens with zero attached hydrogens (tertiary/aromatic N) is 1. The van der Waals surface area contributed by atoms with Gasteiger partial charge in [-0.25, -0.2) is 8.78 Å². The summed E-state index contributed by atoms with van der Waals surface area (Å²) < 4.78 is 48.7. The number of pyridine rings is 1. The molecule has 0 aliphatic heterocycles. The zero-order valence-corrected chi connectivity index (χ0v) is 8.18. The van der Waals surface area contributed by atoms with Crippen LogP contribution in [0.15, 0.2) is 18.3 Å². The van der Waals surface area contributed by atoms with E-state index in [-0.39, 0.29) is 5.69 Å². The Hall–Kier alpha value is -1.66. The summed E-state index contributed by atoms with van der Waals surface area (Å²) in [6.45, 7) is 1.65. The van der Waals surface area contributed by atoms with Gasteiger partial charge in [-0.1, -0.05) is 0 Å². The van der Waals surface area contributed by atoms with Gasteiger partial charge in [0.1, 0.15) is 0 Å². The molecule has 0 bridgehead atoms. The minimum Gasteiger partial charge on any atom is -0.319 e. The molecule has 0 atom stereocenters. The van der Waals surface area contributed by atoms with Gasteiger partial charge in [0.05, 0.1) is 11.9 Å². The van der Waals surface area contributed by atoms with Crippen molar-refractivity contribution in [1.82, 2.24) is 4.98 Å². The second-order valence-electron chi connectivity index (χ2n) is 3.07. The molecule has 0 unspecified atom stereocenters. The Bertz CT molecular complexity index is 378. The number of carbonyl (C=O) groups excluding carboxylic acids is 1. The molecule has 0 radical (unpaired) electrons. The van der Waals surface area contributed by atoms with Gasteiger partial charge in [0.25, 0.3) is 0 Å². The average Bonchev–Trinajstić information content (AvgIpc) is 2.21. The molecule has 88 valence electrons. The lowest BCUT2D eigenvalue weighted by atomic mass is 10.3. The maximum atomic E-state index is 12.5. The zero-order chi connectivity index (χ0) is 12.3. The number of hydrogen-bond donors (Lipinski definition) is 1. The molecule has 1 rings (SSSR count). The van der Waals surface area contributed by atoms with Crippen LogP contribution >= 0.6 is 0 Å². The third kappa shape index (κ3) is 2.68. The van der Waals surface area contributed by atoms with Crippen molar-refractivity contribution in [3.8, 4) is 0 Å². The van der Waals surface area contributed by atoms with Gasteiger partial charge < -0.3 is 5.32 Å². The van der Waals surface area contributed by atoms with E-state index in [0.717, 1.165) is 6.20 Å². The molecule has 7 heteroatoms. The standard InChI is InChI=1S/C9H8F4N2O/c1-5-2-3-6(4-14-5)15-8(16)9(12,13)7(10)11/h2-4,7H,1H3,(H,15,16). The zero-order valence-electron chi connectivity index (χ0n) is 8.18. The lowest BCUT2D eigenvalue weighted by Crippen LogP contribution is -2.41. The summed E-state index contributed by atoms with van der Waals surface area (Å²) in [5.74, 6) is -6.75. The Labute approximate surface area is 88.5 Å². The summed E-state index contributed by atoms with van der Waals surface area (Å²) in [6, 6.07) is 2.75. The van der Waals surface area contributed by atoms with E-state index in [9.17, 15) is 22.4 Å². The van der Waals surface area contributed by atoms with E-state index >= 15 is 0 Å². The predicted octanol–water partition coefficient (Wildman–Crippen LogP) is 2.23. The van der Waals surface area contributed by atoms with Crippen molar-refractivity contribution in [2.75, 3.05) is 5.32 Å². The molecule has 0 saturated heterocycles. The van der Waals surface area contributed by atoms with E-state index in [1.54, 1.807) is 12.2 Å². The van der Waals surface area contributed by atoms with E-state index in [2.05, 4.69) is 4.98 Å². The number of anilines is 1. The number of alkyl halides is 4. The van der Waals surface area contributed by atoms with Crippen LogP contribution in [0.1, 0.15) is 5.69 Å². The highest BCUT2D eigenvalue weighted by Crippen LogP contribution is 2.24. The van der Waals surface area contributed by atoms with Gasteiger partial charge in [-0.3, -0.25) is 9.78 Å². The second-order valence-corrected chi connectivity index (χ2v) is 3.07. The van der Waals surface area contributed by atoms with Gasteiger partial charge in [-0.05, 0) is 19.1 Å². The summed E-state index contributed by atoms with van der Waals surface area (Å²) in [5, 5.41) is 1.66. The fraction of sp³-hybridized carbons (Fsp3) is 0.333. The van der Waals surface area contributed by atoms with Crippen LogP contribution in [0, 0.1) is 6.92 Å². The van der Waals surface area contributed by atoms with Crippen LogP contribution in [0.4, 0.5) is 23.2 Å². The molecule has 1 aromatic rings. The summed E-state index contributed by atoms with van der Waals surface area (Å²) in [5.41, 5.74) is 0.551. The molecule has 0 aliphatic rings. The number of aryl methyl sites for hydroxylation is 1. The summed E-state index contributed by atoms with van der Waals surface area (Å²) in [4.78, 5) is 14.5. The van der Waals surface area contributed by atoms with Crippen molar-refractivity contribution < 1.29 is 22.4 Å². The van der Waals surface area contributed by atoms with Crippen molar-refractivity contribution in [2.24, 2.45) is 0 Å². The quantitative estimate of drug-likeness (QED) is 0.817. The van der Waals surface area contributed by atoms with Gasteiger partial charge >= 0.3 is 18.3 Å². The molecule has 0 saturated carbocycles. The first-order valence-corrected chi connectivity index (χ1v) is 4.24. The van der Waals surface area contributed by atoms with Gasteiger partial charge in [0.15, 0.2) is 0 Å². The number of aromatic nitrogens is 1. The molecule has 16 heavy (non-hydrogen) atoms. The number of carbonyl (C=O) groups is 1. The summed E-state index contributed by atoms with van der Waals surface area (Å²) in [6.07, 6.45) is -2.93. The number of hydrogen-bond acceptors (Lipinski definition) is 2. The first-order chi connectivity index (χ1) is 7.34. The van der Waals surface area contributed by atoms with E-state index in [4.69, 9.17) is 0 Å². The highest BCUT2D eigenvalue weighted by molar-refractivity contribution is 5.96. The highest BCUT2D eigenvalue weighted by Gasteiger charge is 2.48. The lowest BCUT2D eigenvalue weighted by Gasteiger charge is -2.14. The first kappa shape index (κ1) is 12.4. The lowest BCUT2D eigenvalue weighted by molar-refractivity contribution is -0.163. The third-order valence-electron chi connectivity index (χ3n) is 1.75. The van der Waals surface area contributed by atoms with Gasteiger partial charge in [0.2, 0.25) is 0 Å². The minimum absolute atomic E-state index is 0.0593. The maximum Gasteiger partial charge on any atom is 0.383 e. The maximum absolute atomic E-state index is 12.5. The van der Waals surface area contributed by atoms with E-state index in [0.29, 0.717) is 5.69 Å².